The smallest absolute Gasteiger partial charge is 0.277 e. The molecule has 12 heteroatoms. The first-order chi connectivity index (χ1) is 15.2. The Morgan fingerprint density at radius 2 is 2.00 bits per heavy atom. The third-order valence-electron chi connectivity index (χ3n) is 5.16. The first-order valence-electron chi connectivity index (χ1n) is 9.69. The number of thiazole rings is 1. The van der Waals surface area contributed by atoms with Crippen molar-refractivity contribution in [1.82, 2.24) is 14.8 Å². The molecular formula is C20H22F2N6O3S. The number of carbonyl (C=O) groups excluding carboxylic acids is 1. The zero-order valence-corrected chi connectivity index (χ0v) is 18.2. The number of hydrogen-bond donors (Lipinski definition) is 3. The van der Waals surface area contributed by atoms with Crippen LogP contribution >= 0.6 is 11.3 Å². The van der Waals surface area contributed by atoms with Crippen molar-refractivity contribution >= 4 is 27.9 Å². The van der Waals surface area contributed by atoms with Crippen molar-refractivity contribution in [3.63, 3.8) is 0 Å². The predicted molar refractivity (Wildman–Crippen MR) is 115 cm³/mol. The van der Waals surface area contributed by atoms with Crippen LogP contribution in [0, 0.1) is 17.0 Å². The van der Waals surface area contributed by atoms with Gasteiger partial charge in [0.05, 0.1) is 30.7 Å². The Kier molecular flexibility index (Phi) is 5.95. The number of hydrogen-bond acceptors (Lipinski definition) is 8. The van der Waals surface area contributed by atoms with Crippen molar-refractivity contribution in [1.29, 1.82) is 0 Å². The summed E-state index contributed by atoms with van der Waals surface area (Å²) in [7, 11) is 1.69. The summed E-state index contributed by atoms with van der Waals surface area (Å²) >= 11 is 0.818. The molecule has 0 atom stereocenters. The minimum absolute atomic E-state index is 0.0227. The van der Waals surface area contributed by atoms with E-state index >= 15 is 0 Å². The van der Waals surface area contributed by atoms with Gasteiger partial charge in [0.25, 0.3) is 5.91 Å². The van der Waals surface area contributed by atoms with E-state index < -0.39 is 23.8 Å². The van der Waals surface area contributed by atoms with Gasteiger partial charge in [-0.05, 0) is 12.1 Å². The van der Waals surface area contributed by atoms with Crippen LogP contribution in [0.5, 0.6) is 0 Å². The number of halogens is 2. The molecule has 0 bridgehead atoms. The fourth-order valence-electron chi connectivity index (χ4n) is 3.23. The molecule has 0 radical (unpaired) electrons. The summed E-state index contributed by atoms with van der Waals surface area (Å²) in [5.74, 6) is -2.24. The Balaban J connectivity index is 1.57. The molecule has 2 aromatic heterocycles. The highest BCUT2D eigenvalue weighted by atomic mass is 32.1. The Morgan fingerprint density at radius 1 is 1.34 bits per heavy atom. The van der Waals surface area contributed by atoms with Gasteiger partial charge in [-0.3, -0.25) is 9.48 Å². The van der Waals surface area contributed by atoms with Gasteiger partial charge in [-0.1, -0.05) is 24.3 Å². The molecule has 1 saturated heterocycles. The third-order valence-corrected chi connectivity index (χ3v) is 6.06. The molecule has 1 amide bonds. The topological polar surface area (TPSA) is 130 Å². The van der Waals surface area contributed by atoms with E-state index in [2.05, 4.69) is 15.4 Å². The van der Waals surface area contributed by atoms with Gasteiger partial charge < -0.3 is 26.3 Å². The fourth-order valence-corrected chi connectivity index (χ4v) is 4.10. The summed E-state index contributed by atoms with van der Waals surface area (Å²) in [6.45, 7) is 3.12. The van der Waals surface area contributed by atoms with Crippen molar-refractivity contribution in [2.24, 2.45) is 18.2 Å². The molecule has 32 heavy (non-hydrogen) atoms. The minimum Gasteiger partial charge on any atom is -0.389 e. The number of nitrogens with zero attached hydrogens (tertiary/aromatic N) is 3. The second-order valence-electron chi connectivity index (χ2n) is 7.82. The Labute approximate surface area is 186 Å². The summed E-state index contributed by atoms with van der Waals surface area (Å²) in [6.07, 6.45) is 0.685. The first-order valence-corrected chi connectivity index (χ1v) is 10.5. The van der Waals surface area contributed by atoms with E-state index in [9.17, 15) is 13.6 Å². The molecule has 1 aromatic carbocycles. The van der Waals surface area contributed by atoms with Gasteiger partial charge in [-0.15, -0.1) is 0 Å². The van der Waals surface area contributed by atoms with E-state index in [0.29, 0.717) is 31.1 Å². The van der Waals surface area contributed by atoms with E-state index in [1.807, 2.05) is 6.92 Å². The number of aryl methyl sites for hydroxylation is 1. The zero-order valence-electron chi connectivity index (χ0n) is 17.4. The quantitative estimate of drug-likeness (QED) is 0.529. The van der Waals surface area contributed by atoms with E-state index in [1.54, 1.807) is 7.05 Å². The highest BCUT2D eigenvalue weighted by molar-refractivity contribution is 7.19. The lowest BCUT2D eigenvalue weighted by Gasteiger charge is -2.36. The van der Waals surface area contributed by atoms with Crippen molar-refractivity contribution < 1.29 is 23.0 Å². The van der Waals surface area contributed by atoms with Crippen molar-refractivity contribution in [3.05, 3.63) is 47.4 Å². The highest BCUT2D eigenvalue weighted by Crippen LogP contribution is 2.36. The summed E-state index contributed by atoms with van der Waals surface area (Å²) in [5, 5.41) is 6.84. The molecule has 0 spiro atoms. The number of anilines is 2. The van der Waals surface area contributed by atoms with Gasteiger partial charge >= 0.3 is 0 Å². The summed E-state index contributed by atoms with van der Waals surface area (Å²) in [4.78, 5) is 16.9. The predicted octanol–water partition coefficient (Wildman–Crippen LogP) is 2.67. The van der Waals surface area contributed by atoms with Crippen LogP contribution in [-0.2, 0) is 16.5 Å². The van der Waals surface area contributed by atoms with E-state index in [4.69, 9.17) is 20.9 Å². The van der Waals surface area contributed by atoms with Crippen LogP contribution in [0.4, 0.5) is 19.5 Å². The second-order valence-corrected chi connectivity index (χ2v) is 8.85. The lowest BCUT2D eigenvalue weighted by atomic mass is 9.92. The van der Waals surface area contributed by atoms with Gasteiger partial charge in [0.1, 0.15) is 27.3 Å². The maximum absolute atomic E-state index is 14.1. The number of ether oxygens (including phenoxy) is 2. The number of rotatable bonds is 5. The standard InChI is InChI=1S/C20H22F2N6O3S/c1-20(7-23)8-30-19(31-9-20)15-12(6-25-28(15)2)26-17(29)14-16(24)32-18(27-14)13-10(21)4-3-5-11(13)22/h3-6,19H,7-9,23-24H2,1-2H3,(H,26,29)/t19-,20+. The molecule has 1 fully saturated rings. The lowest BCUT2D eigenvalue weighted by molar-refractivity contribution is -0.230. The molecular weight excluding hydrogens is 442 g/mol. The van der Waals surface area contributed by atoms with Crippen LogP contribution in [0.2, 0.25) is 0 Å². The van der Waals surface area contributed by atoms with Crippen molar-refractivity contribution in [2.45, 2.75) is 13.2 Å². The second kappa shape index (κ2) is 8.54. The summed E-state index contributed by atoms with van der Waals surface area (Å²) in [6, 6.07) is 3.46. The monoisotopic (exact) mass is 464 g/mol. The molecule has 3 heterocycles. The molecule has 3 aromatic rings. The summed E-state index contributed by atoms with van der Waals surface area (Å²) < 4.78 is 41.4. The van der Waals surface area contributed by atoms with Crippen molar-refractivity contribution in [3.8, 4) is 10.6 Å². The maximum Gasteiger partial charge on any atom is 0.277 e. The molecule has 0 unspecified atom stereocenters. The summed E-state index contributed by atoms with van der Waals surface area (Å²) in [5.41, 5.74) is 11.7. The number of carbonyl (C=O) groups is 1. The SMILES string of the molecule is Cn1ncc(NC(=O)c2nc(-c3c(F)cccc3F)sc2N)c1[C@H]1OC[C@@](C)(CN)CO1. The number of nitrogens with one attached hydrogen (secondary N) is 1. The first kappa shape index (κ1) is 22.3. The van der Waals surface area contributed by atoms with E-state index in [0.717, 1.165) is 23.5 Å². The van der Waals surface area contributed by atoms with Crippen molar-refractivity contribution in [2.75, 3.05) is 30.8 Å². The molecule has 5 N–H and O–H groups in total. The van der Waals surface area contributed by atoms with Gasteiger partial charge in [0.2, 0.25) is 6.29 Å². The molecule has 1 aliphatic rings. The largest absolute Gasteiger partial charge is 0.389 e. The van der Waals surface area contributed by atoms with E-state index in [-0.39, 0.29) is 26.7 Å². The Morgan fingerprint density at radius 3 is 2.62 bits per heavy atom. The molecule has 1 aliphatic heterocycles. The number of nitrogens with two attached hydrogens (primary N) is 2. The average molecular weight is 464 g/mol. The minimum atomic E-state index is -0.795. The van der Waals surface area contributed by atoms with Gasteiger partial charge in [-0.2, -0.15) is 5.10 Å². The van der Waals surface area contributed by atoms with Crippen LogP contribution in [0.1, 0.15) is 29.4 Å². The molecule has 9 nitrogen and oxygen atoms in total. The Hall–Kier alpha value is -2.93. The fraction of sp³-hybridized carbons (Fsp3) is 0.350. The van der Waals surface area contributed by atoms with Crippen LogP contribution in [-0.4, -0.2) is 40.4 Å². The molecule has 0 saturated carbocycles. The highest BCUT2D eigenvalue weighted by Gasteiger charge is 2.35. The van der Waals surface area contributed by atoms with Crippen LogP contribution < -0.4 is 16.8 Å². The van der Waals surface area contributed by atoms with Crippen LogP contribution in [0.25, 0.3) is 10.6 Å². The number of amides is 1. The van der Waals surface area contributed by atoms with E-state index in [1.165, 1.54) is 16.9 Å². The van der Waals surface area contributed by atoms with Crippen LogP contribution in [0.15, 0.2) is 24.4 Å². The molecule has 170 valence electrons. The lowest BCUT2D eigenvalue weighted by Crippen LogP contribution is -2.42. The molecule has 0 aliphatic carbocycles. The van der Waals surface area contributed by atoms with Gasteiger partial charge in [-0.25, -0.2) is 13.8 Å². The van der Waals surface area contributed by atoms with Gasteiger partial charge in [0, 0.05) is 19.0 Å². The number of aromatic nitrogens is 3. The maximum atomic E-state index is 14.1. The van der Waals surface area contributed by atoms with Gasteiger partial charge in [0.15, 0.2) is 5.69 Å². The number of nitrogen functional groups attached to an aromatic ring is 1. The zero-order chi connectivity index (χ0) is 23.0. The number of benzene rings is 1. The third kappa shape index (κ3) is 4.09. The molecule has 4 rings (SSSR count). The normalized spacial score (nSPS) is 21.0. The Bertz CT molecular complexity index is 1140. The average Bonchev–Trinajstić information content (AvgIpc) is 3.31. The van der Waals surface area contributed by atoms with Crippen LogP contribution in [0.3, 0.4) is 0 Å².